The lowest BCUT2D eigenvalue weighted by molar-refractivity contribution is 0.0492. The van der Waals surface area contributed by atoms with Crippen molar-refractivity contribution in [2.24, 2.45) is 0 Å². The Kier molecular flexibility index (Phi) is 8.46. The van der Waals surface area contributed by atoms with Gasteiger partial charge in [-0.25, -0.2) is 9.78 Å². The van der Waals surface area contributed by atoms with Gasteiger partial charge in [-0.15, -0.1) is 0 Å². The fraction of sp³-hybridized carbons (Fsp3) is 0.778. The zero-order chi connectivity index (χ0) is 26.7. The van der Waals surface area contributed by atoms with Gasteiger partial charge in [0.05, 0.1) is 6.33 Å². The molecule has 0 radical (unpaired) electrons. The van der Waals surface area contributed by atoms with Gasteiger partial charge in [0, 0.05) is 30.2 Å². The fourth-order valence-electron chi connectivity index (χ4n) is 5.50. The van der Waals surface area contributed by atoms with E-state index in [0.717, 1.165) is 55.5 Å². The summed E-state index contributed by atoms with van der Waals surface area (Å²) in [6.07, 6.45) is 9.87. The zero-order valence-electron chi connectivity index (χ0n) is 23.7. The minimum absolute atomic E-state index is 0.0659. The maximum absolute atomic E-state index is 12.3. The summed E-state index contributed by atoms with van der Waals surface area (Å²) >= 11 is 0. The third-order valence-electron chi connectivity index (χ3n) is 7.47. The number of hydrogen-bond donors (Lipinski definition) is 3. The SMILES string of the molecule is CC(C)n1cnc2c(NC3CCCC(NC(=O)OC(C)(C)C)C3)nc(N[C@H]3CC[C@@H](N(C)C)CC3)nc21. The van der Waals surface area contributed by atoms with Crippen molar-refractivity contribution in [3.05, 3.63) is 6.33 Å². The summed E-state index contributed by atoms with van der Waals surface area (Å²) in [5.41, 5.74) is 1.13. The number of alkyl carbamates (subject to hydrolysis) is 1. The van der Waals surface area contributed by atoms with Crippen molar-refractivity contribution < 1.29 is 9.53 Å². The first-order chi connectivity index (χ1) is 17.5. The van der Waals surface area contributed by atoms with Crippen LogP contribution in [0.4, 0.5) is 16.6 Å². The second-order valence-corrected chi connectivity index (χ2v) is 12.3. The van der Waals surface area contributed by atoms with Gasteiger partial charge in [0.15, 0.2) is 17.0 Å². The second kappa shape index (κ2) is 11.4. The van der Waals surface area contributed by atoms with Crippen molar-refractivity contribution in [3.63, 3.8) is 0 Å². The number of aromatic nitrogens is 4. The van der Waals surface area contributed by atoms with Gasteiger partial charge in [-0.1, -0.05) is 0 Å². The topological polar surface area (TPSA) is 109 Å². The molecular formula is C27H46N8O2. The van der Waals surface area contributed by atoms with Gasteiger partial charge in [0.25, 0.3) is 0 Å². The van der Waals surface area contributed by atoms with Crippen LogP contribution < -0.4 is 16.0 Å². The van der Waals surface area contributed by atoms with E-state index in [9.17, 15) is 4.79 Å². The lowest BCUT2D eigenvalue weighted by Gasteiger charge is -2.33. The second-order valence-electron chi connectivity index (χ2n) is 12.3. The van der Waals surface area contributed by atoms with Crippen LogP contribution in [0, 0.1) is 0 Å². The van der Waals surface area contributed by atoms with Crippen LogP contribution in [-0.4, -0.2) is 74.4 Å². The summed E-state index contributed by atoms with van der Waals surface area (Å²) in [4.78, 5) is 29.2. The number of amides is 1. The minimum Gasteiger partial charge on any atom is -0.444 e. The van der Waals surface area contributed by atoms with E-state index in [4.69, 9.17) is 14.7 Å². The maximum Gasteiger partial charge on any atom is 0.407 e. The number of carbonyl (C=O) groups excluding carboxylic acids is 1. The number of nitrogens with one attached hydrogen (secondary N) is 3. The highest BCUT2D eigenvalue weighted by atomic mass is 16.6. The molecule has 2 saturated carbocycles. The van der Waals surface area contributed by atoms with E-state index in [0.29, 0.717) is 18.0 Å². The smallest absolute Gasteiger partial charge is 0.407 e. The maximum atomic E-state index is 12.3. The monoisotopic (exact) mass is 514 g/mol. The van der Waals surface area contributed by atoms with Crippen LogP contribution in [0.1, 0.15) is 92.0 Å². The highest BCUT2D eigenvalue weighted by molar-refractivity contribution is 5.84. The van der Waals surface area contributed by atoms with Gasteiger partial charge in [-0.05, 0) is 100 Å². The Morgan fingerprint density at radius 3 is 2.38 bits per heavy atom. The third kappa shape index (κ3) is 7.24. The van der Waals surface area contributed by atoms with Gasteiger partial charge < -0.3 is 30.2 Å². The molecule has 2 heterocycles. The van der Waals surface area contributed by atoms with Crippen molar-refractivity contribution in [1.29, 1.82) is 0 Å². The van der Waals surface area contributed by atoms with E-state index >= 15 is 0 Å². The Hall–Kier alpha value is -2.62. The summed E-state index contributed by atoms with van der Waals surface area (Å²) in [5.74, 6) is 1.42. The predicted molar refractivity (Wildman–Crippen MR) is 148 cm³/mol. The first-order valence-electron chi connectivity index (χ1n) is 13.9. The largest absolute Gasteiger partial charge is 0.444 e. The number of hydrogen-bond acceptors (Lipinski definition) is 8. The molecule has 2 aromatic heterocycles. The van der Waals surface area contributed by atoms with Crippen molar-refractivity contribution >= 4 is 29.0 Å². The third-order valence-corrected chi connectivity index (χ3v) is 7.47. The average Bonchev–Trinajstić information content (AvgIpc) is 3.23. The van der Waals surface area contributed by atoms with Crippen molar-refractivity contribution in [3.8, 4) is 0 Å². The van der Waals surface area contributed by atoms with Crippen LogP contribution in [0.15, 0.2) is 6.33 Å². The molecule has 10 nitrogen and oxygen atoms in total. The number of carbonyl (C=O) groups is 1. The zero-order valence-corrected chi connectivity index (χ0v) is 23.7. The lowest BCUT2D eigenvalue weighted by atomic mass is 9.90. The number of rotatable bonds is 7. The van der Waals surface area contributed by atoms with Gasteiger partial charge >= 0.3 is 6.09 Å². The Morgan fingerprint density at radius 1 is 1.03 bits per heavy atom. The molecule has 0 aromatic carbocycles. The summed E-state index contributed by atoms with van der Waals surface area (Å²) in [6, 6.07) is 1.51. The summed E-state index contributed by atoms with van der Waals surface area (Å²) < 4.78 is 7.57. The molecule has 4 rings (SSSR count). The number of ether oxygens (including phenoxy) is 1. The molecule has 2 atom stereocenters. The van der Waals surface area contributed by atoms with E-state index in [1.54, 1.807) is 0 Å². The first-order valence-corrected chi connectivity index (χ1v) is 13.9. The molecule has 2 unspecified atom stereocenters. The minimum atomic E-state index is -0.507. The highest BCUT2D eigenvalue weighted by Crippen LogP contribution is 2.29. The summed E-state index contributed by atoms with van der Waals surface area (Å²) in [7, 11) is 4.33. The van der Waals surface area contributed by atoms with Crippen molar-refractivity contribution in [1.82, 2.24) is 29.7 Å². The molecule has 0 aliphatic heterocycles. The van der Waals surface area contributed by atoms with Gasteiger partial charge in [0.1, 0.15) is 5.60 Å². The van der Waals surface area contributed by atoms with Gasteiger partial charge in [-0.2, -0.15) is 9.97 Å². The Morgan fingerprint density at radius 2 is 1.73 bits per heavy atom. The molecule has 2 aliphatic carbocycles. The molecule has 2 aromatic rings. The normalized spacial score (nSPS) is 24.9. The van der Waals surface area contributed by atoms with Crippen molar-refractivity contribution in [2.45, 2.75) is 122 Å². The quantitative estimate of drug-likeness (QED) is 0.477. The molecule has 0 bridgehead atoms. The molecular weight excluding hydrogens is 468 g/mol. The average molecular weight is 515 g/mol. The lowest BCUT2D eigenvalue weighted by Crippen LogP contribution is -2.44. The van der Waals surface area contributed by atoms with Crippen LogP contribution in [0.5, 0.6) is 0 Å². The number of fused-ring (bicyclic) bond motifs is 1. The van der Waals surface area contributed by atoms with Crippen LogP contribution in [0.25, 0.3) is 11.2 Å². The predicted octanol–water partition coefficient (Wildman–Crippen LogP) is 4.94. The van der Waals surface area contributed by atoms with E-state index in [-0.39, 0.29) is 24.2 Å². The van der Waals surface area contributed by atoms with E-state index < -0.39 is 5.60 Å². The molecule has 2 aliphatic rings. The molecule has 0 spiro atoms. The van der Waals surface area contributed by atoms with Crippen LogP contribution in [0.2, 0.25) is 0 Å². The molecule has 1 amide bonds. The van der Waals surface area contributed by atoms with E-state index in [1.165, 1.54) is 12.8 Å². The van der Waals surface area contributed by atoms with Crippen LogP contribution in [-0.2, 0) is 4.74 Å². The fourth-order valence-corrected chi connectivity index (χ4v) is 5.50. The molecule has 10 heteroatoms. The number of nitrogens with zero attached hydrogens (tertiary/aromatic N) is 5. The Balaban J connectivity index is 1.49. The molecule has 2 fully saturated rings. The van der Waals surface area contributed by atoms with E-state index in [1.807, 2.05) is 27.1 Å². The molecule has 3 N–H and O–H groups in total. The standard InChI is InChI=1S/C27H46N8O2/c1-17(2)35-16-28-22-23(29-19-9-8-10-20(15-19)31-26(36)37-27(3,4)5)32-25(33-24(22)35)30-18-11-13-21(14-12-18)34(6)7/h16-21H,8-15H2,1-7H3,(H,31,36)(H2,29,30,32,33)/t18-,19?,20?,21+. The number of anilines is 2. The van der Waals surface area contributed by atoms with Crippen molar-refractivity contribution in [2.75, 3.05) is 24.7 Å². The summed E-state index contributed by atoms with van der Waals surface area (Å²) in [5, 5.41) is 10.3. The number of imidazole rings is 1. The molecule has 0 saturated heterocycles. The highest BCUT2D eigenvalue weighted by Gasteiger charge is 2.28. The Labute approximate surface area is 221 Å². The molecule has 206 valence electrons. The summed E-state index contributed by atoms with van der Waals surface area (Å²) in [6.45, 7) is 9.93. The van der Waals surface area contributed by atoms with Crippen LogP contribution in [0.3, 0.4) is 0 Å². The molecule has 37 heavy (non-hydrogen) atoms. The Bertz CT molecular complexity index is 1050. The van der Waals surface area contributed by atoms with Crippen LogP contribution >= 0.6 is 0 Å². The van der Waals surface area contributed by atoms with Gasteiger partial charge in [-0.3, -0.25) is 0 Å². The van der Waals surface area contributed by atoms with Gasteiger partial charge in [0.2, 0.25) is 5.95 Å². The van der Waals surface area contributed by atoms with E-state index in [2.05, 4.69) is 58.3 Å². The first kappa shape index (κ1) is 27.4.